The highest BCUT2D eigenvalue weighted by Crippen LogP contribution is 2.26. The Morgan fingerprint density at radius 1 is 1.11 bits per heavy atom. The summed E-state index contributed by atoms with van der Waals surface area (Å²) in [6, 6.07) is 8.72. The van der Waals surface area contributed by atoms with Gasteiger partial charge in [-0.15, -0.1) is 0 Å². The minimum Gasteiger partial charge on any atom is -0.346 e. The number of amides is 1. The molecule has 1 N–H and O–H groups in total. The third kappa shape index (κ3) is 4.14. The summed E-state index contributed by atoms with van der Waals surface area (Å²) in [6.45, 7) is 10.7. The lowest BCUT2D eigenvalue weighted by molar-refractivity contribution is -0.117. The fraction of sp³-hybridized carbons (Fsp3) is 0.565. The molecule has 0 unspecified atom stereocenters. The molecule has 28 heavy (non-hydrogen) atoms. The molecular formula is C23H33N3O2. The molecule has 1 aliphatic rings. The predicted octanol–water partition coefficient (Wildman–Crippen LogP) is 4.17. The summed E-state index contributed by atoms with van der Waals surface area (Å²) in [7, 11) is 0. The Kier molecular flexibility index (Phi) is 6.55. The van der Waals surface area contributed by atoms with E-state index in [9.17, 15) is 9.59 Å². The van der Waals surface area contributed by atoms with Crippen LogP contribution in [-0.4, -0.2) is 46.3 Å². The van der Waals surface area contributed by atoms with E-state index in [0.29, 0.717) is 11.6 Å². The van der Waals surface area contributed by atoms with E-state index < -0.39 is 11.7 Å². The van der Waals surface area contributed by atoms with Gasteiger partial charge in [0.1, 0.15) is 0 Å². The molecule has 1 amide bonds. The van der Waals surface area contributed by atoms with Crippen molar-refractivity contribution in [1.29, 1.82) is 0 Å². The Labute approximate surface area is 168 Å². The van der Waals surface area contributed by atoms with Gasteiger partial charge in [-0.05, 0) is 58.7 Å². The number of benzene rings is 1. The fourth-order valence-electron chi connectivity index (χ4n) is 4.51. The number of Topliss-reactive ketones (excluding diaryl/α,β-unsaturated/α-hetero) is 1. The van der Waals surface area contributed by atoms with Crippen molar-refractivity contribution in [2.45, 2.75) is 71.5 Å². The lowest BCUT2D eigenvalue weighted by Crippen LogP contribution is -2.45. The van der Waals surface area contributed by atoms with Crippen LogP contribution < -0.4 is 5.32 Å². The van der Waals surface area contributed by atoms with Crippen LogP contribution in [0.25, 0.3) is 10.9 Å². The van der Waals surface area contributed by atoms with Gasteiger partial charge >= 0.3 is 0 Å². The quantitative estimate of drug-likeness (QED) is 0.577. The highest BCUT2D eigenvalue weighted by Gasteiger charge is 2.28. The number of hydrogen-bond donors (Lipinski definition) is 1. The molecule has 0 radical (unpaired) electrons. The van der Waals surface area contributed by atoms with Gasteiger partial charge in [0.2, 0.25) is 0 Å². The summed E-state index contributed by atoms with van der Waals surface area (Å²) in [5, 5.41) is 3.85. The topological polar surface area (TPSA) is 54.3 Å². The third-order valence-electron chi connectivity index (χ3n) is 6.11. The van der Waals surface area contributed by atoms with Crippen molar-refractivity contribution in [3.8, 4) is 0 Å². The summed E-state index contributed by atoms with van der Waals surface area (Å²) < 4.78 is 2.06. The van der Waals surface area contributed by atoms with Gasteiger partial charge in [-0.2, -0.15) is 0 Å². The number of carbonyl (C=O) groups excluding carboxylic acids is 2. The molecule has 0 atom stereocenters. The molecule has 1 fully saturated rings. The predicted molar refractivity (Wildman–Crippen MR) is 114 cm³/mol. The van der Waals surface area contributed by atoms with Crippen LogP contribution in [-0.2, 0) is 4.79 Å². The van der Waals surface area contributed by atoms with Crippen molar-refractivity contribution in [3.05, 3.63) is 36.0 Å². The number of fused-ring (bicyclic) bond motifs is 1. The first-order chi connectivity index (χ1) is 13.5. The zero-order chi connectivity index (χ0) is 20.3. The van der Waals surface area contributed by atoms with Crippen molar-refractivity contribution < 1.29 is 9.59 Å². The summed E-state index contributed by atoms with van der Waals surface area (Å²) in [6.07, 6.45) is 5.86. The summed E-state index contributed by atoms with van der Waals surface area (Å²) in [5.74, 6) is -0.903. The van der Waals surface area contributed by atoms with Gasteiger partial charge < -0.3 is 14.8 Å². The van der Waals surface area contributed by atoms with E-state index in [1.54, 1.807) is 0 Å². The second kappa shape index (κ2) is 8.91. The Morgan fingerprint density at radius 3 is 2.36 bits per heavy atom. The van der Waals surface area contributed by atoms with Gasteiger partial charge in [-0.1, -0.05) is 32.0 Å². The molecule has 1 heterocycles. The zero-order valence-electron chi connectivity index (χ0n) is 17.6. The van der Waals surface area contributed by atoms with Crippen LogP contribution in [0, 0.1) is 0 Å². The average Bonchev–Trinajstić information content (AvgIpc) is 3.09. The van der Waals surface area contributed by atoms with Crippen LogP contribution in [0.15, 0.2) is 30.5 Å². The Hall–Kier alpha value is -2.14. The standard InChI is InChI=1S/C23H33N3O2/c1-5-25(6-2)18-13-11-17(12-14-18)24-23(28)22(27)20-15-26(16(3)4)21-10-8-7-9-19(20)21/h7-10,15-18H,5-6,11-14H2,1-4H3,(H,24,28). The SMILES string of the molecule is CCN(CC)C1CCC(NC(=O)C(=O)c2cn(C(C)C)c3ccccc23)CC1. The van der Waals surface area contributed by atoms with Gasteiger partial charge in [-0.3, -0.25) is 9.59 Å². The van der Waals surface area contributed by atoms with Gasteiger partial charge in [0.15, 0.2) is 0 Å². The maximum absolute atomic E-state index is 12.9. The molecular weight excluding hydrogens is 350 g/mol. The number of hydrogen-bond acceptors (Lipinski definition) is 3. The molecule has 1 saturated carbocycles. The average molecular weight is 384 g/mol. The molecule has 0 bridgehead atoms. The van der Waals surface area contributed by atoms with Gasteiger partial charge in [0.05, 0.1) is 5.56 Å². The largest absolute Gasteiger partial charge is 0.346 e. The van der Waals surface area contributed by atoms with E-state index in [4.69, 9.17) is 0 Å². The minimum absolute atomic E-state index is 0.0988. The summed E-state index contributed by atoms with van der Waals surface area (Å²) in [4.78, 5) is 28.1. The first kappa shape index (κ1) is 20.6. The third-order valence-corrected chi connectivity index (χ3v) is 6.11. The molecule has 0 spiro atoms. The maximum atomic E-state index is 12.9. The first-order valence-corrected chi connectivity index (χ1v) is 10.6. The molecule has 1 aromatic carbocycles. The van der Waals surface area contributed by atoms with Gasteiger partial charge in [-0.25, -0.2) is 0 Å². The normalized spacial score (nSPS) is 20.1. The van der Waals surface area contributed by atoms with Crippen molar-refractivity contribution in [1.82, 2.24) is 14.8 Å². The van der Waals surface area contributed by atoms with E-state index >= 15 is 0 Å². The van der Waals surface area contributed by atoms with Gasteiger partial charge in [0.25, 0.3) is 11.7 Å². The Morgan fingerprint density at radius 2 is 1.75 bits per heavy atom. The number of nitrogens with one attached hydrogen (secondary N) is 1. The van der Waals surface area contributed by atoms with E-state index in [1.807, 2.05) is 30.5 Å². The molecule has 0 saturated heterocycles. The van der Waals surface area contributed by atoms with Crippen LogP contribution >= 0.6 is 0 Å². The van der Waals surface area contributed by atoms with Gasteiger partial charge in [0, 0.05) is 35.2 Å². The molecule has 3 rings (SSSR count). The molecule has 2 aromatic rings. The number of ketones is 1. The number of nitrogens with zero attached hydrogens (tertiary/aromatic N) is 2. The Bertz CT molecular complexity index is 827. The number of rotatable bonds is 7. The van der Waals surface area contributed by atoms with E-state index in [0.717, 1.165) is 49.7 Å². The highest BCUT2D eigenvalue weighted by molar-refractivity contribution is 6.45. The lowest BCUT2D eigenvalue weighted by Gasteiger charge is -2.35. The minimum atomic E-state index is -0.474. The van der Waals surface area contributed by atoms with Crippen molar-refractivity contribution >= 4 is 22.6 Å². The molecule has 152 valence electrons. The van der Waals surface area contributed by atoms with Crippen molar-refractivity contribution in [2.24, 2.45) is 0 Å². The van der Waals surface area contributed by atoms with E-state index in [2.05, 4.69) is 42.5 Å². The molecule has 1 aliphatic carbocycles. The van der Waals surface area contributed by atoms with Crippen LogP contribution in [0.5, 0.6) is 0 Å². The van der Waals surface area contributed by atoms with Crippen LogP contribution in [0.4, 0.5) is 0 Å². The maximum Gasteiger partial charge on any atom is 0.292 e. The number of carbonyl (C=O) groups is 2. The Balaban J connectivity index is 1.68. The summed E-state index contributed by atoms with van der Waals surface area (Å²) in [5.41, 5.74) is 1.49. The molecule has 0 aliphatic heterocycles. The lowest BCUT2D eigenvalue weighted by atomic mass is 9.90. The first-order valence-electron chi connectivity index (χ1n) is 10.6. The second-order valence-corrected chi connectivity index (χ2v) is 8.09. The summed E-state index contributed by atoms with van der Waals surface area (Å²) >= 11 is 0. The molecule has 5 nitrogen and oxygen atoms in total. The smallest absolute Gasteiger partial charge is 0.292 e. The van der Waals surface area contributed by atoms with Crippen LogP contribution in [0.2, 0.25) is 0 Å². The monoisotopic (exact) mass is 383 g/mol. The van der Waals surface area contributed by atoms with E-state index in [1.165, 1.54) is 0 Å². The zero-order valence-corrected chi connectivity index (χ0v) is 17.6. The molecule has 1 aromatic heterocycles. The van der Waals surface area contributed by atoms with Crippen molar-refractivity contribution in [3.63, 3.8) is 0 Å². The van der Waals surface area contributed by atoms with Crippen LogP contribution in [0.1, 0.15) is 69.8 Å². The van der Waals surface area contributed by atoms with E-state index in [-0.39, 0.29) is 12.1 Å². The fourth-order valence-corrected chi connectivity index (χ4v) is 4.51. The highest BCUT2D eigenvalue weighted by atomic mass is 16.2. The van der Waals surface area contributed by atoms with Crippen molar-refractivity contribution in [2.75, 3.05) is 13.1 Å². The number of para-hydroxylation sites is 1. The number of aromatic nitrogens is 1. The second-order valence-electron chi connectivity index (χ2n) is 8.09. The van der Waals surface area contributed by atoms with Crippen LogP contribution in [0.3, 0.4) is 0 Å². The molecule has 5 heteroatoms.